The standard InChI is InChI=1S/C76H124O6/c1-4-7-10-13-16-19-22-25-28-30-32-34-36-38-40-42-44-46-48-51-54-57-60-63-66-69-75(78)81-72-73(71-80-74(77)68-65-62-59-56-53-50-27-24-21-18-15-12-9-6-3)82-76(79)70-67-64-61-58-55-52-49-47-45-43-41-39-37-35-33-31-29-26-23-20-17-14-11-8-5-2/h7-8,10-11,16-17,19-20,25-26,28-29,32-35,38-41,44-47,73H,4-6,9,12-15,18,21-24,27,30-31,36-37,42-43,48-72H2,1-3H3/b10-7-,11-8-,19-16-,20-17-,28-25-,29-26-,34-32-,35-33-,40-38-,41-39-,46-44-,47-45-. The van der Waals surface area contributed by atoms with Crippen molar-refractivity contribution < 1.29 is 28.6 Å². The molecule has 0 fully saturated rings. The molecule has 0 saturated heterocycles. The Morgan fingerprint density at radius 1 is 0.256 bits per heavy atom. The average Bonchev–Trinajstić information content (AvgIpc) is 3.47. The second-order valence-corrected chi connectivity index (χ2v) is 22.0. The van der Waals surface area contributed by atoms with Gasteiger partial charge in [0.1, 0.15) is 13.2 Å². The fraction of sp³-hybridized carbons (Fsp3) is 0.645. The Hall–Kier alpha value is -4.71. The summed E-state index contributed by atoms with van der Waals surface area (Å²) >= 11 is 0. The fourth-order valence-corrected chi connectivity index (χ4v) is 9.10. The molecule has 0 saturated carbocycles. The minimum absolute atomic E-state index is 0.0915. The van der Waals surface area contributed by atoms with E-state index in [1.54, 1.807) is 0 Å². The van der Waals surface area contributed by atoms with Crippen LogP contribution in [-0.4, -0.2) is 37.2 Å². The minimum Gasteiger partial charge on any atom is -0.462 e. The lowest BCUT2D eigenvalue weighted by molar-refractivity contribution is -0.167. The van der Waals surface area contributed by atoms with Crippen LogP contribution in [0.2, 0.25) is 0 Å². The molecule has 0 rings (SSSR count). The highest BCUT2D eigenvalue weighted by molar-refractivity contribution is 5.71. The molecule has 0 aliphatic carbocycles. The first-order valence-corrected chi connectivity index (χ1v) is 33.8. The van der Waals surface area contributed by atoms with Crippen LogP contribution in [0.25, 0.3) is 0 Å². The van der Waals surface area contributed by atoms with Crippen LogP contribution in [0.5, 0.6) is 0 Å². The highest BCUT2D eigenvalue weighted by Gasteiger charge is 2.19. The van der Waals surface area contributed by atoms with Gasteiger partial charge in [0, 0.05) is 19.3 Å². The molecular formula is C76H124O6. The molecule has 0 spiro atoms. The van der Waals surface area contributed by atoms with Crippen molar-refractivity contribution in [3.63, 3.8) is 0 Å². The van der Waals surface area contributed by atoms with Crippen LogP contribution >= 0.6 is 0 Å². The highest BCUT2D eigenvalue weighted by Crippen LogP contribution is 2.16. The first-order chi connectivity index (χ1) is 40.5. The molecule has 0 aliphatic rings. The highest BCUT2D eigenvalue weighted by atomic mass is 16.6. The van der Waals surface area contributed by atoms with Gasteiger partial charge in [0.05, 0.1) is 0 Å². The third-order valence-electron chi connectivity index (χ3n) is 14.1. The van der Waals surface area contributed by atoms with Crippen LogP contribution < -0.4 is 0 Å². The summed E-state index contributed by atoms with van der Waals surface area (Å²) in [6, 6.07) is 0. The van der Waals surface area contributed by atoms with Crippen molar-refractivity contribution in [2.45, 2.75) is 303 Å². The van der Waals surface area contributed by atoms with Crippen LogP contribution in [0.15, 0.2) is 146 Å². The zero-order valence-electron chi connectivity index (χ0n) is 53.2. The van der Waals surface area contributed by atoms with Crippen molar-refractivity contribution >= 4 is 17.9 Å². The lowest BCUT2D eigenvalue weighted by atomic mass is 10.0. The summed E-state index contributed by atoms with van der Waals surface area (Å²) in [5, 5.41) is 0. The van der Waals surface area contributed by atoms with Crippen LogP contribution in [0.3, 0.4) is 0 Å². The molecule has 1 atom stereocenters. The smallest absolute Gasteiger partial charge is 0.306 e. The number of hydrogen-bond donors (Lipinski definition) is 0. The Kier molecular flexibility index (Phi) is 64.8. The van der Waals surface area contributed by atoms with Gasteiger partial charge in [-0.05, 0) is 122 Å². The molecule has 82 heavy (non-hydrogen) atoms. The van der Waals surface area contributed by atoms with Gasteiger partial charge in [0.25, 0.3) is 0 Å². The van der Waals surface area contributed by atoms with Crippen molar-refractivity contribution in [2.24, 2.45) is 0 Å². The molecule has 0 N–H and O–H groups in total. The number of allylic oxidation sites excluding steroid dienone is 24. The van der Waals surface area contributed by atoms with Crippen molar-refractivity contribution in [2.75, 3.05) is 13.2 Å². The third kappa shape index (κ3) is 66.1. The molecule has 0 radical (unpaired) electrons. The molecule has 0 aromatic heterocycles. The summed E-state index contributed by atoms with van der Waals surface area (Å²) in [7, 11) is 0. The van der Waals surface area contributed by atoms with Crippen LogP contribution in [0.4, 0.5) is 0 Å². The van der Waals surface area contributed by atoms with Gasteiger partial charge in [-0.3, -0.25) is 14.4 Å². The van der Waals surface area contributed by atoms with E-state index in [-0.39, 0.29) is 31.1 Å². The van der Waals surface area contributed by atoms with E-state index in [9.17, 15) is 14.4 Å². The molecule has 0 aliphatic heterocycles. The van der Waals surface area contributed by atoms with E-state index in [2.05, 4.69) is 167 Å². The summed E-state index contributed by atoms with van der Waals surface area (Å²) in [4.78, 5) is 38.4. The minimum atomic E-state index is -0.799. The average molecular weight is 1130 g/mol. The summed E-state index contributed by atoms with van der Waals surface area (Å²) in [6.45, 7) is 6.40. The Morgan fingerprint density at radius 3 is 0.744 bits per heavy atom. The van der Waals surface area contributed by atoms with Crippen molar-refractivity contribution in [1.82, 2.24) is 0 Å². The van der Waals surface area contributed by atoms with Gasteiger partial charge in [0.2, 0.25) is 0 Å². The number of esters is 3. The van der Waals surface area contributed by atoms with Crippen molar-refractivity contribution in [1.29, 1.82) is 0 Å². The molecule has 464 valence electrons. The van der Waals surface area contributed by atoms with Crippen molar-refractivity contribution in [3.8, 4) is 0 Å². The Morgan fingerprint density at radius 2 is 0.476 bits per heavy atom. The summed E-state index contributed by atoms with van der Waals surface area (Å²) < 4.78 is 16.9. The quantitative estimate of drug-likeness (QED) is 0.0261. The molecule has 0 bridgehead atoms. The molecule has 0 amide bonds. The van der Waals surface area contributed by atoms with E-state index in [1.165, 1.54) is 96.3 Å². The lowest BCUT2D eigenvalue weighted by Crippen LogP contribution is -2.30. The molecule has 0 heterocycles. The number of hydrogen-bond acceptors (Lipinski definition) is 6. The SMILES string of the molecule is CC/C=C\C/C=C\C/C=C\C/C=C\C/C=C\C/C=C\CCCCCCCCC(=O)OCC(COC(=O)CCCCCCCCCCCCCCCC)OC(=O)CCCCCCCC/C=C\C/C=C\C/C=C\C/C=C\C/C=C\C/C=C\CC. The second kappa shape index (κ2) is 68.8. The summed E-state index contributed by atoms with van der Waals surface area (Å²) in [5.74, 6) is -0.916. The lowest BCUT2D eigenvalue weighted by Gasteiger charge is -2.18. The maximum Gasteiger partial charge on any atom is 0.306 e. The predicted molar refractivity (Wildman–Crippen MR) is 357 cm³/mol. The Labute approximate surface area is 506 Å². The van der Waals surface area contributed by atoms with E-state index in [1.807, 2.05) is 0 Å². The molecule has 6 heteroatoms. The maximum atomic E-state index is 13.0. The maximum absolute atomic E-state index is 13.0. The Bertz CT molecular complexity index is 1780. The van der Waals surface area contributed by atoms with E-state index in [4.69, 9.17) is 14.2 Å². The normalized spacial score (nSPS) is 13.1. The summed E-state index contributed by atoms with van der Waals surface area (Å²) in [5.41, 5.74) is 0. The first kappa shape index (κ1) is 77.3. The molecular weight excluding hydrogens is 1010 g/mol. The molecule has 1 unspecified atom stereocenters. The summed E-state index contributed by atoms with van der Waals surface area (Å²) in [6.07, 6.45) is 98.5. The van der Waals surface area contributed by atoms with Gasteiger partial charge >= 0.3 is 17.9 Å². The number of ether oxygens (including phenoxy) is 3. The number of rotatable bonds is 60. The third-order valence-corrected chi connectivity index (χ3v) is 14.1. The van der Waals surface area contributed by atoms with Gasteiger partial charge in [-0.2, -0.15) is 0 Å². The molecule has 0 aromatic carbocycles. The van der Waals surface area contributed by atoms with E-state index < -0.39 is 6.10 Å². The van der Waals surface area contributed by atoms with Gasteiger partial charge in [0.15, 0.2) is 6.10 Å². The number of unbranched alkanes of at least 4 members (excludes halogenated alkanes) is 25. The van der Waals surface area contributed by atoms with Gasteiger partial charge in [-0.15, -0.1) is 0 Å². The molecule has 6 nitrogen and oxygen atoms in total. The largest absolute Gasteiger partial charge is 0.462 e. The number of carbonyl (C=O) groups is 3. The zero-order valence-corrected chi connectivity index (χ0v) is 53.2. The van der Waals surface area contributed by atoms with Gasteiger partial charge in [-0.25, -0.2) is 0 Å². The topological polar surface area (TPSA) is 78.9 Å². The first-order valence-electron chi connectivity index (χ1n) is 33.8. The predicted octanol–water partition coefficient (Wildman–Crippen LogP) is 23.5. The van der Waals surface area contributed by atoms with Crippen LogP contribution in [-0.2, 0) is 28.6 Å². The molecule has 0 aromatic rings. The monoisotopic (exact) mass is 1130 g/mol. The van der Waals surface area contributed by atoms with Gasteiger partial charge in [-0.1, -0.05) is 301 Å². The van der Waals surface area contributed by atoms with Gasteiger partial charge < -0.3 is 14.2 Å². The van der Waals surface area contributed by atoms with Crippen LogP contribution in [0, 0.1) is 0 Å². The van der Waals surface area contributed by atoms with E-state index >= 15 is 0 Å². The Balaban J connectivity index is 4.43. The second-order valence-electron chi connectivity index (χ2n) is 22.0. The fourth-order valence-electron chi connectivity index (χ4n) is 9.10. The van der Waals surface area contributed by atoms with Crippen LogP contribution in [0.1, 0.15) is 297 Å². The van der Waals surface area contributed by atoms with E-state index in [0.29, 0.717) is 19.3 Å². The zero-order chi connectivity index (χ0) is 59.2. The van der Waals surface area contributed by atoms with Crippen molar-refractivity contribution in [3.05, 3.63) is 146 Å². The van der Waals surface area contributed by atoms with E-state index in [0.717, 1.165) is 161 Å². The number of carbonyl (C=O) groups excluding carboxylic acids is 3.